The molecule has 3 aromatic rings. The lowest BCUT2D eigenvalue weighted by Gasteiger charge is -2.09. The summed E-state index contributed by atoms with van der Waals surface area (Å²) in [5.41, 5.74) is 3.71. The summed E-state index contributed by atoms with van der Waals surface area (Å²) in [6.45, 7) is 1.15. The Kier molecular flexibility index (Phi) is 5.88. The molecule has 0 unspecified atom stereocenters. The highest BCUT2D eigenvalue weighted by Crippen LogP contribution is 2.16. The van der Waals surface area contributed by atoms with Crippen molar-refractivity contribution < 1.29 is 14.3 Å². The van der Waals surface area contributed by atoms with Gasteiger partial charge >= 0.3 is 5.97 Å². The molecule has 1 N–H and O–H groups in total. The van der Waals surface area contributed by atoms with Crippen LogP contribution in [0, 0.1) is 0 Å². The van der Waals surface area contributed by atoms with E-state index in [9.17, 15) is 4.79 Å². The third-order valence-electron chi connectivity index (χ3n) is 3.95. The number of nitrogens with one attached hydrogen (secondary N) is 1. The molecule has 0 atom stereocenters. The molecule has 0 bridgehead atoms. The fourth-order valence-electron chi connectivity index (χ4n) is 2.54. The van der Waals surface area contributed by atoms with Crippen molar-refractivity contribution in [3.63, 3.8) is 0 Å². The molecule has 0 saturated carbocycles. The van der Waals surface area contributed by atoms with Crippen molar-refractivity contribution in [2.75, 3.05) is 12.4 Å². The Hall–Kier alpha value is -3.27. The van der Waals surface area contributed by atoms with Crippen LogP contribution in [0.2, 0.25) is 0 Å². The molecule has 0 aliphatic rings. The Balaban J connectivity index is 1.54. The van der Waals surface area contributed by atoms with E-state index in [1.54, 1.807) is 12.1 Å². The van der Waals surface area contributed by atoms with E-state index in [1.165, 1.54) is 12.7 Å². The number of hydrogen-bond acceptors (Lipinski definition) is 4. The van der Waals surface area contributed by atoms with Gasteiger partial charge in [-0.2, -0.15) is 0 Å². The fraction of sp³-hybridized carbons (Fsp3) is 0.136. The lowest BCUT2D eigenvalue weighted by atomic mass is 10.1. The number of ether oxygens (including phenoxy) is 2. The van der Waals surface area contributed by atoms with E-state index >= 15 is 0 Å². The SMILES string of the molecule is COC(=O)c1cccc(COc2ccc(CNc3ccccc3)cc2)c1. The van der Waals surface area contributed by atoms with E-state index in [0.717, 1.165) is 23.5 Å². The first-order valence-corrected chi connectivity index (χ1v) is 8.42. The Morgan fingerprint density at radius 2 is 1.65 bits per heavy atom. The third-order valence-corrected chi connectivity index (χ3v) is 3.95. The van der Waals surface area contributed by atoms with Crippen molar-refractivity contribution in [3.05, 3.63) is 95.6 Å². The van der Waals surface area contributed by atoms with Crippen LogP contribution >= 0.6 is 0 Å². The van der Waals surface area contributed by atoms with Gasteiger partial charge < -0.3 is 14.8 Å². The molecular weight excluding hydrogens is 326 g/mol. The second-order valence-corrected chi connectivity index (χ2v) is 5.84. The highest BCUT2D eigenvalue weighted by Gasteiger charge is 2.06. The predicted octanol–water partition coefficient (Wildman–Crippen LogP) is 4.66. The van der Waals surface area contributed by atoms with Crippen LogP contribution in [0.4, 0.5) is 5.69 Å². The van der Waals surface area contributed by atoms with Gasteiger partial charge in [0.25, 0.3) is 0 Å². The zero-order valence-electron chi connectivity index (χ0n) is 14.6. The highest BCUT2D eigenvalue weighted by atomic mass is 16.5. The highest BCUT2D eigenvalue weighted by molar-refractivity contribution is 5.89. The molecule has 0 amide bonds. The normalized spacial score (nSPS) is 10.2. The van der Waals surface area contributed by atoms with Crippen molar-refractivity contribution in [2.45, 2.75) is 13.2 Å². The average molecular weight is 347 g/mol. The summed E-state index contributed by atoms with van der Waals surface area (Å²) in [5, 5.41) is 3.38. The Morgan fingerprint density at radius 3 is 2.38 bits per heavy atom. The predicted molar refractivity (Wildman–Crippen MR) is 102 cm³/mol. The van der Waals surface area contributed by atoms with Gasteiger partial charge in [-0.25, -0.2) is 4.79 Å². The molecule has 4 heteroatoms. The number of methoxy groups -OCH3 is 1. The molecule has 0 aliphatic heterocycles. The molecule has 0 fully saturated rings. The van der Waals surface area contributed by atoms with Crippen molar-refractivity contribution in [2.24, 2.45) is 0 Å². The smallest absolute Gasteiger partial charge is 0.337 e. The second kappa shape index (κ2) is 8.72. The first-order chi connectivity index (χ1) is 12.7. The van der Waals surface area contributed by atoms with Gasteiger partial charge in [-0.3, -0.25) is 0 Å². The lowest BCUT2D eigenvalue weighted by molar-refractivity contribution is 0.0600. The molecule has 26 heavy (non-hydrogen) atoms. The van der Waals surface area contributed by atoms with E-state index in [4.69, 9.17) is 9.47 Å². The molecule has 0 heterocycles. The number of para-hydroxylation sites is 1. The maximum Gasteiger partial charge on any atom is 0.337 e. The molecule has 0 radical (unpaired) electrons. The van der Waals surface area contributed by atoms with Gasteiger partial charge in [-0.05, 0) is 47.5 Å². The van der Waals surface area contributed by atoms with Gasteiger partial charge in [-0.1, -0.05) is 42.5 Å². The quantitative estimate of drug-likeness (QED) is 0.631. The van der Waals surface area contributed by atoms with Crippen LogP contribution in [0.5, 0.6) is 5.75 Å². The van der Waals surface area contributed by atoms with Gasteiger partial charge in [0, 0.05) is 12.2 Å². The average Bonchev–Trinajstić information content (AvgIpc) is 2.72. The van der Waals surface area contributed by atoms with Crippen LogP contribution in [0.25, 0.3) is 0 Å². The minimum absolute atomic E-state index is 0.345. The van der Waals surface area contributed by atoms with Crippen molar-refractivity contribution in [3.8, 4) is 5.75 Å². The minimum atomic E-state index is -0.345. The molecule has 3 aromatic carbocycles. The van der Waals surface area contributed by atoms with Crippen molar-refractivity contribution in [1.29, 1.82) is 0 Å². The maximum atomic E-state index is 11.6. The number of hydrogen-bond donors (Lipinski definition) is 1. The zero-order valence-corrected chi connectivity index (χ0v) is 14.6. The summed E-state index contributed by atoms with van der Waals surface area (Å²) in [4.78, 5) is 11.6. The molecule has 0 saturated heterocycles. The van der Waals surface area contributed by atoms with Crippen LogP contribution in [0.1, 0.15) is 21.5 Å². The van der Waals surface area contributed by atoms with Crippen LogP contribution in [0.3, 0.4) is 0 Å². The number of esters is 1. The zero-order chi connectivity index (χ0) is 18.2. The third kappa shape index (κ3) is 4.86. The van der Waals surface area contributed by atoms with Crippen LogP contribution in [-0.4, -0.2) is 13.1 Å². The molecule has 4 nitrogen and oxygen atoms in total. The Labute approximate surface area is 153 Å². The maximum absolute atomic E-state index is 11.6. The number of anilines is 1. The van der Waals surface area contributed by atoms with E-state index in [-0.39, 0.29) is 5.97 Å². The monoisotopic (exact) mass is 347 g/mol. The van der Waals surface area contributed by atoms with E-state index in [0.29, 0.717) is 12.2 Å². The summed E-state index contributed by atoms with van der Waals surface area (Å²) < 4.78 is 10.5. The molecule has 3 rings (SSSR count). The van der Waals surface area contributed by atoms with Crippen LogP contribution in [0.15, 0.2) is 78.9 Å². The van der Waals surface area contributed by atoms with Gasteiger partial charge in [0.2, 0.25) is 0 Å². The number of carbonyl (C=O) groups excluding carboxylic acids is 1. The molecule has 0 spiro atoms. The standard InChI is InChI=1S/C22H21NO3/c1-25-22(24)19-7-5-6-18(14-19)16-26-21-12-10-17(11-13-21)15-23-20-8-3-2-4-9-20/h2-14,23H,15-16H2,1H3. The van der Waals surface area contributed by atoms with Gasteiger partial charge in [-0.15, -0.1) is 0 Å². The van der Waals surface area contributed by atoms with Gasteiger partial charge in [0.15, 0.2) is 0 Å². The second-order valence-electron chi connectivity index (χ2n) is 5.84. The number of carbonyl (C=O) groups is 1. The first-order valence-electron chi connectivity index (χ1n) is 8.42. The minimum Gasteiger partial charge on any atom is -0.489 e. The van der Waals surface area contributed by atoms with E-state index in [1.807, 2.05) is 66.7 Å². The summed E-state index contributed by atoms with van der Waals surface area (Å²) in [6.07, 6.45) is 0. The van der Waals surface area contributed by atoms with E-state index in [2.05, 4.69) is 5.32 Å². The van der Waals surface area contributed by atoms with Crippen molar-refractivity contribution in [1.82, 2.24) is 0 Å². The number of rotatable bonds is 7. The van der Waals surface area contributed by atoms with Crippen molar-refractivity contribution >= 4 is 11.7 Å². The molecule has 132 valence electrons. The summed E-state index contributed by atoms with van der Waals surface area (Å²) in [6, 6.07) is 25.3. The largest absolute Gasteiger partial charge is 0.489 e. The fourth-order valence-corrected chi connectivity index (χ4v) is 2.54. The Morgan fingerprint density at radius 1 is 0.885 bits per heavy atom. The molecule has 0 aliphatic carbocycles. The Bertz CT molecular complexity index is 845. The number of benzene rings is 3. The van der Waals surface area contributed by atoms with Crippen LogP contribution in [-0.2, 0) is 17.9 Å². The summed E-state index contributed by atoms with van der Waals surface area (Å²) in [5.74, 6) is 0.444. The van der Waals surface area contributed by atoms with Gasteiger partial charge in [0.05, 0.1) is 12.7 Å². The summed E-state index contributed by atoms with van der Waals surface area (Å²) >= 11 is 0. The molecular formula is C22H21NO3. The molecule has 0 aromatic heterocycles. The topological polar surface area (TPSA) is 47.6 Å². The summed E-state index contributed by atoms with van der Waals surface area (Å²) in [7, 11) is 1.37. The lowest BCUT2D eigenvalue weighted by Crippen LogP contribution is -2.03. The first kappa shape index (κ1) is 17.5. The van der Waals surface area contributed by atoms with Crippen LogP contribution < -0.4 is 10.1 Å². The van der Waals surface area contributed by atoms with E-state index < -0.39 is 0 Å². The van der Waals surface area contributed by atoms with Gasteiger partial charge in [0.1, 0.15) is 12.4 Å².